The average Bonchev–Trinajstić information content (AvgIpc) is 2.46. The predicted molar refractivity (Wildman–Crippen MR) is 74.9 cm³/mol. The molecule has 0 aliphatic carbocycles. The number of hydrogen-bond donors (Lipinski definition) is 1. The van der Waals surface area contributed by atoms with Crippen molar-refractivity contribution in [1.82, 2.24) is 10.2 Å². The molecule has 1 aliphatic heterocycles. The normalized spacial score (nSPS) is 16.5. The standard InChI is InChI=1S/C15H23FN2O/c1-19-14-7-5-6-13(15(14)16)12-17-8-11-18-9-3-2-4-10-18/h5-7,17H,2-4,8-12H2,1H3. The highest BCUT2D eigenvalue weighted by molar-refractivity contribution is 5.30. The van der Waals surface area contributed by atoms with Gasteiger partial charge >= 0.3 is 0 Å². The Bertz CT molecular complexity index is 392. The molecule has 19 heavy (non-hydrogen) atoms. The monoisotopic (exact) mass is 266 g/mol. The van der Waals surface area contributed by atoms with Gasteiger partial charge in [0.2, 0.25) is 0 Å². The van der Waals surface area contributed by atoms with Crippen LogP contribution in [-0.2, 0) is 6.54 Å². The van der Waals surface area contributed by atoms with Crippen LogP contribution in [-0.4, -0.2) is 38.2 Å². The molecule has 0 unspecified atom stereocenters. The first kappa shape index (κ1) is 14.3. The minimum Gasteiger partial charge on any atom is -0.494 e. The molecule has 1 heterocycles. The molecule has 0 saturated carbocycles. The molecule has 1 saturated heterocycles. The number of halogens is 1. The van der Waals surface area contributed by atoms with Gasteiger partial charge in [-0.1, -0.05) is 18.6 Å². The number of ether oxygens (including phenoxy) is 1. The van der Waals surface area contributed by atoms with Gasteiger partial charge in [-0.15, -0.1) is 0 Å². The Morgan fingerprint density at radius 2 is 2.05 bits per heavy atom. The Morgan fingerprint density at radius 3 is 2.79 bits per heavy atom. The summed E-state index contributed by atoms with van der Waals surface area (Å²) in [6.45, 7) is 4.91. The number of nitrogens with zero attached hydrogens (tertiary/aromatic N) is 1. The van der Waals surface area contributed by atoms with E-state index in [2.05, 4.69) is 10.2 Å². The Morgan fingerprint density at radius 1 is 1.26 bits per heavy atom. The van der Waals surface area contributed by atoms with Gasteiger partial charge in [0.05, 0.1) is 7.11 Å². The second-order valence-corrected chi connectivity index (χ2v) is 5.01. The predicted octanol–water partition coefficient (Wildman–Crippen LogP) is 2.41. The van der Waals surface area contributed by atoms with E-state index in [0.29, 0.717) is 17.9 Å². The third-order valence-electron chi connectivity index (χ3n) is 3.63. The van der Waals surface area contributed by atoms with Crippen molar-refractivity contribution in [3.63, 3.8) is 0 Å². The van der Waals surface area contributed by atoms with Gasteiger partial charge in [-0.2, -0.15) is 0 Å². The van der Waals surface area contributed by atoms with Crippen molar-refractivity contribution in [2.45, 2.75) is 25.8 Å². The van der Waals surface area contributed by atoms with E-state index in [1.165, 1.54) is 39.5 Å². The lowest BCUT2D eigenvalue weighted by Crippen LogP contribution is -2.35. The molecule has 0 aromatic heterocycles. The summed E-state index contributed by atoms with van der Waals surface area (Å²) in [6.07, 6.45) is 3.98. The van der Waals surface area contributed by atoms with Crippen LogP contribution in [0.3, 0.4) is 0 Å². The molecule has 0 bridgehead atoms. The highest BCUT2D eigenvalue weighted by atomic mass is 19.1. The molecule has 0 atom stereocenters. The number of hydrogen-bond acceptors (Lipinski definition) is 3. The van der Waals surface area contributed by atoms with Crippen LogP contribution < -0.4 is 10.1 Å². The molecule has 1 aromatic rings. The first-order chi connectivity index (χ1) is 9.31. The van der Waals surface area contributed by atoms with Crippen molar-refractivity contribution in [1.29, 1.82) is 0 Å². The van der Waals surface area contributed by atoms with E-state index in [9.17, 15) is 4.39 Å². The summed E-state index contributed by atoms with van der Waals surface area (Å²) in [5.41, 5.74) is 0.665. The lowest BCUT2D eigenvalue weighted by atomic mass is 10.1. The van der Waals surface area contributed by atoms with Gasteiger partial charge in [0.15, 0.2) is 11.6 Å². The Hall–Kier alpha value is -1.13. The van der Waals surface area contributed by atoms with Gasteiger partial charge in [-0.05, 0) is 32.0 Å². The summed E-state index contributed by atoms with van der Waals surface area (Å²) in [6, 6.07) is 5.27. The summed E-state index contributed by atoms with van der Waals surface area (Å²) < 4.78 is 18.9. The highest BCUT2D eigenvalue weighted by Crippen LogP contribution is 2.19. The van der Waals surface area contributed by atoms with Gasteiger partial charge in [-0.25, -0.2) is 4.39 Å². The van der Waals surface area contributed by atoms with E-state index in [0.717, 1.165) is 13.1 Å². The molecule has 106 valence electrons. The SMILES string of the molecule is COc1cccc(CNCCN2CCCCC2)c1F. The summed E-state index contributed by atoms with van der Waals surface area (Å²) in [4.78, 5) is 2.47. The van der Waals surface area contributed by atoms with Crippen molar-refractivity contribution in [2.24, 2.45) is 0 Å². The van der Waals surface area contributed by atoms with Crippen LogP contribution in [0.5, 0.6) is 5.75 Å². The van der Waals surface area contributed by atoms with Crippen molar-refractivity contribution in [2.75, 3.05) is 33.3 Å². The number of nitrogens with one attached hydrogen (secondary N) is 1. The van der Waals surface area contributed by atoms with Crippen LogP contribution >= 0.6 is 0 Å². The fourth-order valence-electron chi connectivity index (χ4n) is 2.49. The number of rotatable bonds is 6. The van der Waals surface area contributed by atoms with Gasteiger partial charge in [0.25, 0.3) is 0 Å². The molecule has 1 fully saturated rings. The third kappa shape index (κ3) is 4.18. The number of piperidine rings is 1. The molecule has 3 nitrogen and oxygen atoms in total. The Kier molecular flexibility index (Phi) is 5.61. The molecule has 4 heteroatoms. The van der Waals surface area contributed by atoms with E-state index in [4.69, 9.17) is 4.74 Å². The maximum Gasteiger partial charge on any atom is 0.169 e. The van der Waals surface area contributed by atoms with Crippen molar-refractivity contribution in [3.8, 4) is 5.75 Å². The first-order valence-electron chi connectivity index (χ1n) is 7.05. The minimum absolute atomic E-state index is 0.254. The summed E-state index contributed by atoms with van der Waals surface area (Å²) in [5.74, 6) is 0.0609. The van der Waals surface area contributed by atoms with Crippen molar-refractivity contribution < 1.29 is 9.13 Å². The number of likely N-dealkylation sites (tertiary alicyclic amines) is 1. The lowest BCUT2D eigenvalue weighted by Gasteiger charge is -2.26. The molecule has 1 aliphatic rings. The largest absolute Gasteiger partial charge is 0.494 e. The average molecular weight is 266 g/mol. The fourth-order valence-corrected chi connectivity index (χ4v) is 2.49. The second-order valence-electron chi connectivity index (χ2n) is 5.01. The summed E-state index contributed by atoms with van der Waals surface area (Å²) in [7, 11) is 1.49. The first-order valence-corrected chi connectivity index (χ1v) is 7.05. The Labute approximate surface area is 114 Å². The van der Waals surface area contributed by atoms with Crippen LogP contribution in [0.2, 0.25) is 0 Å². The molecule has 0 spiro atoms. The molecular weight excluding hydrogens is 243 g/mol. The zero-order chi connectivity index (χ0) is 13.5. The van der Waals surface area contributed by atoms with E-state index in [1.807, 2.05) is 6.07 Å². The lowest BCUT2D eigenvalue weighted by molar-refractivity contribution is 0.229. The summed E-state index contributed by atoms with van der Waals surface area (Å²) in [5, 5.41) is 3.30. The molecule has 0 radical (unpaired) electrons. The topological polar surface area (TPSA) is 24.5 Å². The third-order valence-corrected chi connectivity index (χ3v) is 3.63. The van der Waals surface area contributed by atoms with Crippen molar-refractivity contribution >= 4 is 0 Å². The van der Waals surface area contributed by atoms with Crippen LogP contribution in [0.4, 0.5) is 4.39 Å². The smallest absolute Gasteiger partial charge is 0.169 e. The van der Waals surface area contributed by atoms with Crippen LogP contribution in [0.15, 0.2) is 18.2 Å². The van der Waals surface area contributed by atoms with E-state index in [-0.39, 0.29) is 5.82 Å². The molecule has 1 aromatic carbocycles. The highest BCUT2D eigenvalue weighted by Gasteiger charge is 2.10. The van der Waals surface area contributed by atoms with Crippen LogP contribution in [0.25, 0.3) is 0 Å². The fraction of sp³-hybridized carbons (Fsp3) is 0.600. The maximum absolute atomic E-state index is 13.9. The van der Waals surface area contributed by atoms with Crippen molar-refractivity contribution in [3.05, 3.63) is 29.6 Å². The molecule has 0 amide bonds. The maximum atomic E-state index is 13.9. The zero-order valence-corrected chi connectivity index (χ0v) is 11.6. The number of benzene rings is 1. The zero-order valence-electron chi connectivity index (χ0n) is 11.6. The summed E-state index contributed by atoms with van der Waals surface area (Å²) >= 11 is 0. The van der Waals surface area contributed by atoms with E-state index < -0.39 is 0 Å². The van der Waals surface area contributed by atoms with Gasteiger partial charge < -0.3 is 15.0 Å². The van der Waals surface area contributed by atoms with Crippen LogP contribution in [0.1, 0.15) is 24.8 Å². The molecular formula is C15H23FN2O. The van der Waals surface area contributed by atoms with Gasteiger partial charge in [-0.3, -0.25) is 0 Å². The molecule has 1 N–H and O–H groups in total. The van der Waals surface area contributed by atoms with Gasteiger partial charge in [0, 0.05) is 25.2 Å². The number of methoxy groups -OCH3 is 1. The Balaban J connectivity index is 1.73. The van der Waals surface area contributed by atoms with Crippen LogP contribution in [0, 0.1) is 5.82 Å². The minimum atomic E-state index is -0.254. The van der Waals surface area contributed by atoms with E-state index in [1.54, 1.807) is 12.1 Å². The second kappa shape index (κ2) is 7.46. The van der Waals surface area contributed by atoms with Gasteiger partial charge in [0.1, 0.15) is 0 Å². The quantitative estimate of drug-likeness (QED) is 0.800. The van der Waals surface area contributed by atoms with E-state index >= 15 is 0 Å². The molecule has 2 rings (SSSR count).